The van der Waals surface area contributed by atoms with E-state index in [-0.39, 0.29) is 5.78 Å². The normalized spacial score (nSPS) is 21.6. The number of hydrogen-bond acceptors (Lipinski definition) is 3. The van der Waals surface area contributed by atoms with E-state index >= 15 is 0 Å². The van der Waals surface area contributed by atoms with E-state index in [9.17, 15) is 4.79 Å². The summed E-state index contributed by atoms with van der Waals surface area (Å²) in [4.78, 5) is 15.4. The molecule has 1 aromatic rings. The van der Waals surface area contributed by atoms with Crippen molar-refractivity contribution in [2.75, 3.05) is 0 Å². The first-order chi connectivity index (χ1) is 10.1. The maximum Gasteiger partial charge on any atom is 0.186 e. The zero-order valence-electron chi connectivity index (χ0n) is 12.3. The van der Waals surface area contributed by atoms with E-state index in [2.05, 4.69) is 32.1 Å². The molecule has 2 aliphatic rings. The van der Waals surface area contributed by atoms with Gasteiger partial charge in [-0.05, 0) is 54.6 Å². The average molecular weight is 314 g/mol. The van der Waals surface area contributed by atoms with E-state index in [0.29, 0.717) is 0 Å². The van der Waals surface area contributed by atoms with Gasteiger partial charge in [-0.2, -0.15) is 0 Å². The zero-order chi connectivity index (χ0) is 14.8. The molecule has 0 N–H and O–H groups in total. The second-order valence-electron chi connectivity index (χ2n) is 5.35. The van der Waals surface area contributed by atoms with Crippen LogP contribution < -0.4 is 0 Å². The van der Waals surface area contributed by atoms with E-state index in [1.54, 1.807) is 23.5 Å². The number of hydrogen-bond donors (Lipinski definition) is 0. The van der Waals surface area contributed by atoms with Crippen LogP contribution in [0, 0.1) is 0 Å². The van der Waals surface area contributed by atoms with Gasteiger partial charge in [0.25, 0.3) is 0 Å². The Morgan fingerprint density at radius 1 is 1.00 bits per heavy atom. The third-order valence-corrected chi connectivity index (χ3v) is 6.53. The molecule has 0 atom stereocenters. The molecule has 0 aromatic heterocycles. The standard InChI is InChI=1S/C18H18OS2/c1-12-13(2)21-18(20-12)16-10-6-9-15(17(16)19)11-14-7-4-3-5-8-14/h3-5,7-8,11H,6,9-10H2,1-2H3/b15-11+. The molecule has 0 saturated heterocycles. The Morgan fingerprint density at radius 2 is 1.67 bits per heavy atom. The Balaban J connectivity index is 1.89. The lowest BCUT2D eigenvalue weighted by Gasteiger charge is -2.18. The molecular weight excluding hydrogens is 296 g/mol. The molecule has 1 fully saturated rings. The highest BCUT2D eigenvalue weighted by molar-refractivity contribution is 8.28. The lowest BCUT2D eigenvalue weighted by molar-refractivity contribution is -0.112. The SMILES string of the molecule is CC1=C(C)SC(=C2CCC/C(=C\c3ccccc3)C2=O)S1. The molecule has 1 aliphatic carbocycles. The molecule has 1 saturated carbocycles. The van der Waals surface area contributed by atoms with Crippen molar-refractivity contribution in [2.24, 2.45) is 0 Å². The average Bonchev–Trinajstić information content (AvgIpc) is 2.82. The van der Waals surface area contributed by atoms with E-state index in [4.69, 9.17) is 0 Å². The highest BCUT2D eigenvalue weighted by Crippen LogP contribution is 2.51. The van der Waals surface area contributed by atoms with Gasteiger partial charge in [0.05, 0.1) is 4.24 Å². The summed E-state index contributed by atoms with van der Waals surface area (Å²) in [7, 11) is 0. The molecule has 1 aliphatic heterocycles. The molecule has 0 spiro atoms. The second kappa shape index (κ2) is 6.29. The summed E-state index contributed by atoms with van der Waals surface area (Å²) in [6.07, 6.45) is 4.94. The predicted molar refractivity (Wildman–Crippen MR) is 93.9 cm³/mol. The summed E-state index contributed by atoms with van der Waals surface area (Å²) in [6, 6.07) is 10.1. The van der Waals surface area contributed by atoms with Crippen LogP contribution in [0.5, 0.6) is 0 Å². The number of carbonyl (C=O) groups excluding carboxylic acids is 1. The van der Waals surface area contributed by atoms with Crippen LogP contribution in [0.2, 0.25) is 0 Å². The Morgan fingerprint density at radius 3 is 2.33 bits per heavy atom. The number of allylic oxidation sites excluding steroid dienone is 4. The summed E-state index contributed by atoms with van der Waals surface area (Å²) in [5.41, 5.74) is 3.09. The number of thioether (sulfide) groups is 2. The Bertz CT molecular complexity index is 650. The molecule has 21 heavy (non-hydrogen) atoms. The first kappa shape index (κ1) is 14.7. The fourth-order valence-electron chi connectivity index (χ4n) is 2.53. The van der Waals surface area contributed by atoms with Crippen LogP contribution in [0.15, 0.2) is 55.5 Å². The number of Topliss-reactive ketones (excluding diaryl/α,β-unsaturated/α-hetero) is 1. The number of ketones is 1. The largest absolute Gasteiger partial charge is 0.289 e. The van der Waals surface area contributed by atoms with Crippen molar-refractivity contribution in [1.82, 2.24) is 0 Å². The fourth-order valence-corrected chi connectivity index (χ4v) is 5.17. The van der Waals surface area contributed by atoms with Gasteiger partial charge in [-0.3, -0.25) is 4.79 Å². The number of benzene rings is 1. The molecule has 1 heterocycles. The predicted octanol–water partition coefficient (Wildman–Crippen LogP) is 5.77. The molecule has 1 aromatic carbocycles. The smallest absolute Gasteiger partial charge is 0.186 e. The quantitative estimate of drug-likeness (QED) is 0.613. The van der Waals surface area contributed by atoms with Crippen LogP contribution in [0.4, 0.5) is 0 Å². The Hall–Kier alpha value is -1.19. The molecule has 0 bridgehead atoms. The van der Waals surface area contributed by atoms with Crippen molar-refractivity contribution < 1.29 is 4.79 Å². The van der Waals surface area contributed by atoms with Gasteiger partial charge in [-0.15, -0.1) is 0 Å². The zero-order valence-corrected chi connectivity index (χ0v) is 13.9. The van der Waals surface area contributed by atoms with Crippen LogP contribution in [0.25, 0.3) is 6.08 Å². The van der Waals surface area contributed by atoms with Gasteiger partial charge >= 0.3 is 0 Å². The maximum atomic E-state index is 12.8. The van der Waals surface area contributed by atoms with Crippen molar-refractivity contribution >= 4 is 35.4 Å². The van der Waals surface area contributed by atoms with Crippen LogP contribution in [-0.2, 0) is 4.79 Å². The number of carbonyl (C=O) groups is 1. The van der Waals surface area contributed by atoms with Gasteiger partial charge in [-0.25, -0.2) is 0 Å². The Labute approximate surface area is 134 Å². The number of rotatable bonds is 1. The van der Waals surface area contributed by atoms with E-state index in [1.165, 1.54) is 14.0 Å². The van der Waals surface area contributed by atoms with Gasteiger partial charge in [-0.1, -0.05) is 53.9 Å². The second-order valence-corrected chi connectivity index (χ2v) is 8.05. The molecule has 0 radical (unpaired) electrons. The molecule has 0 amide bonds. The first-order valence-electron chi connectivity index (χ1n) is 7.22. The van der Waals surface area contributed by atoms with Crippen molar-refractivity contribution in [2.45, 2.75) is 33.1 Å². The van der Waals surface area contributed by atoms with Gasteiger partial charge in [0, 0.05) is 11.1 Å². The lowest BCUT2D eigenvalue weighted by Crippen LogP contribution is -2.13. The lowest BCUT2D eigenvalue weighted by atomic mass is 9.89. The van der Waals surface area contributed by atoms with Crippen LogP contribution in [0.3, 0.4) is 0 Å². The Kier molecular flexibility index (Phi) is 4.41. The minimum Gasteiger partial charge on any atom is -0.289 e. The topological polar surface area (TPSA) is 17.1 Å². The van der Waals surface area contributed by atoms with Gasteiger partial charge < -0.3 is 0 Å². The van der Waals surface area contributed by atoms with Crippen molar-refractivity contribution in [3.63, 3.8) is 0 Å². The van der Waals surface area contributed by atoms with Gasteiger partial charge in [0.15, 0.2) is 5.78 Å². The van der Waals surface area contributed by atoms with Crippen LogP contribution in [0.1, 0.15) is 38.7 Å². The fraction of sp³-hybridized carbons (Fsp3) is 0.278. The third-order valence-electron chi connectivity index (χ3n) is 3.81. The summed E-state index contributed by atoms with van der Waals surface area (Å²) in [5, 5.41) is 0. The third kappa shape index (κ3) is 3.19. The monoisotopic (exact) mass is 314 g/mol. The molecule has 108 valence electrons. The van der Waals surface area contributed by atoms with Crippen molar-refractivity contribution in [3.05, 3.63) is 61.1 Å². The summed E-state index contributed by atoms with van der Waals surface area (Å²) in [6.45, 7) is 4.27. The molecular formula is C18H18OS2. The van der Waals surface area contributed by atoms with Gasteiger partial charge in [0.2, 0.25) is 0 Å². The van der Waals surface area contributed by atoms with Gasteiger partial charge in [0.1, 0.15) is 0 Å². The summed E-state index contributed by atoms with van der Waals surface area (Å²) in [5.74, 6) is 0.252. The maximum absolute atomic E-state index is 12.8. The highest BCUT2D eigenvalue weighted by Gasteiger charge is 2.27. The highest BCUT2D eigenvalue weighted by atomic mass is 32.2. The van der Waals surface area contributed by atoms with E-state index < -0.39 is 0 Å². The van der Waals surface area contributed by atoms with E-state index in [1.807, 2.05) is 18.2 Å². The van der Waals surface area contributed by atoms with Crippen LogP contribution in [-0.4, -0.2) is 5.78 Å². The summed E-state index contributed by atoms with van der Waals surface area (Å²) >= 11 is 3.53. The minimum atomic E-state index is 0.252. The molecule has 3 heteroatoms. The minimum absolute atomic E-state index is 0.252. The molecule has 3 rings (SSSR count). The van der Waals surface area contributed by atoms with E-state index in [0.717, 1.165) is 36.0 Å². The first-order valence-corrected chi connectivity index (χ1v) is 8.85. The van der Waals surface area contributed by atoms with Crippen LogP contribution >= 0.6 is 23.5 Å². The van der Waals surface area contributed by atoms with Crippen molar-refractivity contribution in [1.29, 1.82) is 0 Å². The summed E-state index contributed by atoms with van der Waals surface area (Å²) < 4.78 is 1.20. The van der Waals surface area contributed by atoms with Crippen molar-refractivity contribution in [3.8, 4) is 0 Å². The molecule has 1 nitrogen and oxygen atoms in total. The molecule has 0 unspecified atom stereocenters.